The van der Waals surface area contributed by atoms with Gasteiger partial charge in [0.1, 0.15) is 11.5 Å². The van der Waals surface area contributed by atoms with Crippen LogP contribution in [0.1, 0.15) is 30.0 Å². The van der Waals surface area contributed by atoms with Crippen molar-refractivity contribution in [3.8, 4) is 0 Å². The lowest BCUT2D eigenvalue weighted by Crippen LogP contribution is -2.13. The number of carbonyl (C=O) groups excluding carboxylic acids is 1. The molecule has 0 aromatic carbocycles. The first-order valence-electron chi connectivity index (χ1n) is 5.32. The number of nitrogens with one attached hydrogen (secondary N) is 1. The van der Waals surface area contributed by atoms with Crippen LogP contribution in [0.3, 0.4) is 0 Å². The lowest BCUT2D eigenvalue weighted by Gasteiger charge is -2.08. The van der Waals surface area contributed by atoms with E-state index in [-0.39, 0.29) is 17.7 Å². The molecule has 1 aromatic heterocycles. The first-order chi connectivity index (χ1) is 8.08. The molecule has 0 aliphatic carbocycles. The summed E-state index contributed by atoms with van der Waals surface area (Å²) in [6.07, 6.45) is 0. The molecule has 1 N–H and O–H groups in total. The Hall–Kier alpha value is -2.04. The lowest BCUT2D eigenvalue weighted by molar-refractivity contribution is 0.0519. The predicted octanol–water partition coefficient (Wildman–Crippen LogP) is 1.56. The fourth-order valence-corrected chi connectivity index (χ4v) is 1.26. The molecule has 0 atom stereocenters. The van der Waals surface area contributed by atoms with Gasteiger partial charge in [0, 0.05) is 12.1 Å². The number of hydrogen-bond acceptors (Lipinski definition) is 4. The molecule has 0 aliphatic heterocycles. The van der Waals surface area contributed by atoms with Gasteiger partial charge in [-0.25, -0.2) is 4.79 Å². The second-order valence-electron chi connectivity index (χ2n) is 3.22. The van der Waals surface area contributed by atoms with Gasteiger partial charge >= 0.3 is 5.97 Å². The van der Waals surface area contributed by atoms with Crippen LogP contribution < -0.4 is 5.43 Å². The fourth-order valence-electron chi connectivity index (χ4n) is 1.26. The van der Waals surface area contributed by atoms with Crippen molar-refractivity contribution < 1.29 is 14.3 Å². The predicted molar refractivity (Wildman–Crippen MR) is 63.7 cm³/mol. The van der Waals surface area contributed by atoms with Gasteiger partial charge in [0.25, 0.3) is 0 Å². The Morgan fingerprint density at radius 1 is 1.24 bits per heavy atom. The van der Waals surface area contributed by atoms with Gasteiger partial charge in [-0.1, -0.05) is 6.58 Å². The summed E-state index contributed by atoms with van der Waals surface area (Å²) in [6.45, 7) is 7.84. The Bertz CT molecular complexity index is 436. The van der Waals surface area contributed by atoms with Crippen LogP contribution in [0.15, 0.2) is 23.5 Å². The largest absolute Gasteiger partial charge is 0.492 e. The highest BCUT2D eigenvalue weighted by Crippen LogP contribution is 2.09. The maximum atomic E-state index is 11.5. The second kappa shape index (κ2) is 5.89. The number of hydrogen-bond donors (Lipinski definition) is 1. The third kappa shape index (κ3) is 3.48. The SMILES string of the molecule is C=C(OCC)c1cc(=O)cc(C(=O)OCC)[nH]1. The maximum absolute atomic E-state index is 11.5. The number of aromatic amines is 1. The minimum Gasteiger partial charge on any atom is -0.492 e. The topological polar surface area (TPSA) is 68.4 Å². The van der Waals surface area contributed by atoms with Crippen molar-refractivity contribution in [2.75, 3.05) is 13.2 Å². The van der Waals surface area contributed by atoms with E-state index in [0.29, 0.717) is 18.1 Å². The van der Waals surface area contributed by atoms with E-state index < -0.39 is 5.97 Å². The number of rotatable bonds is 5. The minimum atomic E-state index is -0.573. The summed E-state index contributed by atoms with van der Waals surface area (Å²) in [5.41, 5.74) is 0.167. The van der Waals surface area contributed by atoms with Crippen LogP contribution in [0, 0.1) is 0 Å². The summed E-state index contributed by atoms with van der Waals surface area (Å²) in [5.74, 6) is -0.258. The molecule has 0 saturated carbocycles. The number of ether oxygens (including phenoxy) is 2. The van der Waals surface area contributed by atoms with Crippen molar-refractivity contribution in [2.24, 2.45) is 0 Å². The van der Waals surface area contributed by atoms with Crippen molar-refractivity contribution in [1.29, 1.82) is 0 Å². The Kier molecular flexibility index (Phi) is 4.51. The average molecular weight is 237 g/mol. The van der Waals surface area contributed by atoms with E-state index in [1.54, 1.807) is 13.8 Å². The molecule has 92 valence electrons. The van der Waals surface area contributed by atoms with Crippen molar-refractivity contribution in [2.45, 2.75) is 13.8 Å². The lowest BCUT2D eigenvalue weighted by atomic mass is 10.2. The van der Waals surface area contributed by atoms with Gasteiger partial charge in [-0.2, -0.15) is 0 Å². The van der Waals surface area contributed by atoms with E-state index in [9.17, 15) is 9.59 Å². The molecule has 5 heteroatoms. The number of aromatic nitrogens is 1. The monoisotopic (exact) mass is 237 g/mol. The molecule has 1 heterocycles. The highest BCUT2D eigenvalue weighted by atomic mass is 16.5. The zero-order valence-electron chi connectivity index (χ0n) is 9.91. The van der Waals surface area contributed by atoms with Crippen LogP contribution in [0.4, 0.5) is 0 Å². The zero-order valence-corrected chi connectivity index (χ0v) is 9.91. The Labute approximate surface area is 99.1 Å². The van der Waals surface area contributed by atoms with E-state index in [0.717, 1.165) is 0 Å². The van der Waals surface area contributed by atoms with Crippen molar-refractivity contribution in [3.05, 3.63) is 40.3 Å². The van der Waals surface area contributed by atoms with E-state index >= 15 is 0 Å². The van der Waals surface area contributed by atoms with Crippen molar-refractivity contribution in [1.82, 2.24) is 4.98 Å². The number of esters is 1. The van der Waals surface area contributed by atoms with Gasteiger partial charge in [0.2, 0.25) is 0 Å². The van der Waals surface area contributed by atoms with E-state index in [1.807, 2.05) is 0 Å². The molecule has 0 radical (unpaired) electrons. The normalized spacial score (nSPS) is 9.76. The zero-order chi connectivity index (χ0) is 12.8. The molecule has 0 unspecified atom stereocenters. The maximum Gasteiger partial charge on any atom is 0.354 e. The molecule has 1 rings (SSSR count). The first kappa shape index (κ1) is 13.0. The van der Waals surface area contributed by atoms with Crippen LogP contribution >= 0.6 is 0 Å². The van der Waals surface area contributed by atoms with Crippen LogP contribution in [0.2, 0.25) is 0 Å². The highest BCUT2D eigenvalue weighted by molar-refractivity contribution is 5.87. The molecule has 0 saturated heterocycles. The molecular formula is C12H15NO4. The summed E-state index contributed by atoms with van der Waals surface area (Å²) in [5, 5.41) is 0. The fraction of sp³-hybridized carbons (Fsp3) is 0.333. The molecule has 0 aliphatic rings. The molecule has 0 bridgehead atoms. The van der Waals surface area contributed by atoms with E-state index in [2.05, 4.69) is 11.6 Å². The van der Waals surface area contributed by atoms with Crippen LogP contribution in [0.5, 0.6) is 0 Å². The van der Waals surface area contributed by atoms with Crippen LogP contribution in [-0.2, 0) is 9.47 Å². The van der Waals surface area contributed by atoms with Gasteiger partial charge in [-0.3, -0.25) is 4.79 Å². The van der Waals surface area contributed by atoms with Crippen molar-refractivity contribution >= 4 is 11.7 Å². The van der Waals surface area contributed by atoms with Gasteiger partial charge in [-0.15, -0.1) is 0 Å². The Morgan fingerprint density at radius 3 is 2.41 bits per heavy atom. The van der Waals surface area contributed by atoms with E-state index in [1.165, 1.54) is 12.1 Å². The molecule has 17 heavy (non-hydrogen) atoms. The van der Waals surface area contributed by atoms with Gasteiger partial charge in [0.05, 0.1) is 18.9 Å². The van der Waals surface area contributed by atoms with Gasteiger partial charge < -0.3 is 14.5 Å². The molecule has 0 amide bonds. The summed E-state index contributed by atoms with van der Waals surface area (Å²) < 4.78 is 9.96. The quantitative estimate of drug-likeness (QED) is 0.623. The number of carbonyl (C=O) groups is 1. The summed E-state index contributed by atoms with van der Waals surface area (Å²) in [4.78, 5) is 25.6. The number of pyridine rings is 1. The molecule has 0 spiro atoms. The third-order valence-corrected chi connectivity index (χ3v) is 1.96. The highest BCUT2D eigenvalue weighted by Gasteiger charge is 2.10. The average Bonchev–Trinajstić information content (AvgIpc) is 2.29. The standard InChI is InChI=1S/C12H15NO4/c1-4-16-8(3)10-6-9(14)7-11(13-10)12(15)17-5-2/h6-7H,3-5H2,1-2H3,(H,13,14). The van der Waals surface area contributed by atoms with Crippen LogP contribution in [-0.4, -0.2) is 24.2 Å². The number of H-pyrrole nitrogens is 1. The van der Waals surface area contributed by atoms with Gasteiger partial charge in [-0.05, 0) is 13.8 Å². The minimum absolute atomic E-state index is 0.0928. The van der Waals surface area contributed by atoms with Crippen LogP contribution in [0.25, 0.3) is 5.76 Å². The van der Waals surface area contributed by atoms with E-state index in [4.69, 9.17) is 9.47 Å². The summed E-state index contributed by atoms with van der Waals surface area (Å²) in [6, 6.07) is 2.50. The summed E-state index contributed by atoms with van der Waals surface area (Å²) >= 11 is 0. The Balaban J connectivity index is 3.06. The second-order valence-corrected chi connectivity index (χ2v) is 3.22. The smallest absolute Gasteiger partial charge is 0.354 e. The third-order valence-electron chi connectivity index (χ3n) is 1.96. The molecule has 5 nitrogen and oxygen atoms in total. The van der Waals surface area contributed by atoms with Crippen molar-refractivity contribution in [3.63, 3.8) is 0 Å². The molecular weight excluding hydrogens is 222 g/mol. The Morgan fingerprint density at radius 2 is 1.82 bits per heavy atom. The molecule has 1 aromatic rings. The van der Waals surface area contributed by atoms with Gasteiger partial charge in [0.15, 0.2) is 5.43 Å². The molecule has 0 fully saturated rings. The summed E-state index contributed by atoms with van der Waals surface area (Å²) in [7, 11) is 0. The first-order valence-corrected chi connectivity index (χ1v) is 5.32.